The molecule has 28 heavy (non-hydrogen) atoms. The van der Waals surface area contributed by atoms with E-state index in [-0.39, 0.29) is 24.0 Å². The molecule has 0 unspecified atom stereocenters. The predicted octanol–water partition coefficient (Wildman–Crippen LogP) is 3.13. The SMILES string of the molecule is Cc1cc(-c2cc(C(=O)Nc3cccc4c3OCC(=O)N4C)[nH]n2)ccc1F. The van der Waals surface area contributed by atoms with Gasteiger partial charge in [0.15, 0.2) is 12.4 Å². The van der Waals surface area contributed by atoms with Gasteiger partial charge >= 0.3 is 0 Å². The number of carbonyl (C=O) groups is 2. The van der Waals surface area contributed by atoms with Crippen molar-refractivity contribution in [3.8, 4) is 17.0 Å². The van der Waals surface area contributed by atoms with E-state index in [4.69, 9.17) is 4.74 Å². The topological polar surface area (TPSA) is 87.3 Å². The Kier molecular flexibility index (Phi) is 4.31. The highest BCUT2D eigenvalue weighted by molar-refractivity contribution is 6.06. The summed E-state index contributed by atoms with van der Waals surface area (Å²) < 4.78 is 19.0. The molecular weight excluding hydrogens is 363 g/mol. The summed E-state index contributed by atoms with van der Waals surface area (Å²) in [7, 11) is 1.65. The Morgan fingerprint density at radius 2 is 2.11 bits per heavy atom. The Balaban J connectivity index is 1.58. The highest BCUT2D eigenvalue weighted by Gasteiger charge is 2.25. The molecule has 8 heteroatoms. The molecule has 2 N–H and O–H groups in total. The first-order chi connectivity index (χ1) is 13.4. The van der Waals surface area contributed by atoms with E-state index >= 15 is 0 Å². The van der Waals surface area contributed by atoms with Crippen LogP contribution in [0.1, 0.15) is 16.1 Å². The van der Waals surface area contributed by atoms with Crippen molar-refractivity contribution in [2.24, 2.45) is 0 Å². The minimum absolute atomic E-state index is 0.0888. The molecule has 2 heterocycles. The highest BCUT2D eigenvalue weighted by Crippen LogP contribution is 2.38. The third kappa shape index (κ3) is 3.09. The zero-order chi connectivity index (χ0) is 19.8. The fourth-order valence-electron chi connectivity index (χ4n) is 2.98. The van der Waals surface area contributed by atoms with Crippen molar-refractivity contribution in [1.29, 1.82) is 0 Å². The zero-order valence-electron chi connectivity index (χ0n) is 15.2. The largest absolute Gasteiger partial charge is 0.479 e. The standard InChI is InChI=1S/C20H17FN4O3/c1-11-8-12(6-7-13(11)21)15-9-16(24-23-15)20(27)22-14-4-3-5-17-19(14)28-10-18(26)25(17)2/h3-9H,10H2,1-2H3,(H,22,27)(H,23,24). The molecule has 0 saturated carbocycles. The maximum atomic E-state index is 13.5. The number of hydrogen-bond donors (Lipinski definition) is 2. The van der Waals surface area contributed by atoms with Crippen LogP contribution in [0.2, 0.25) is 0 Å². The first-order valence-electron chi connectivity index (χ1n) is 8.59. The van der Waals surface area contributed by atoms with Crippen LogP contribution in [-0.4, -0.2) is 35.7 Å². The summed E-state index contributed by atoms with van der Waals surface area (Å²) in [6.07, 6.45) is 0. The lowest BCUT2D eigenvalue weighted by Gasteiger charge is -2.27. The van der Waals surface area contributed by atoms with Gasteiger partial charge in [0.25, 0.3) is 11.8 Å². The Labute approximate surface area is 160 Å². The average molecular weight is 380 g/mol. The Morgan fingerprint density at radius 1 is 1.29 bits per heavy atom. The molecule has 0 bridgehead atoms. The second-order valence-electron chi connectivity index (χ2n) is 6.48. The third-order valence-corrected chi connectivity index (χ3v) is 4.59. The molecule has 2 amide bonds. The van der Waals surface area contributed by atoms with Gasteiger partial charge in [-0.05, 0) is 48.9 Å². The number of aryl methyl sites for hydroxylation is 1. The van der Waals surface area contributed by atoms with Gasteiger partial charge in [0.2, 0.25) is 0 Å². The number of ether oxygens (including phenoxy) is 1. The molecule has 0 fully saturated rings. The van der Waals surface area contributed by atoms with Crippen LogP contribution in [0.25, 0.3) is 11.3 Å². The van der Waals surface area contributed by atoms with E-state index in [1.165, 1.54) is 11.0 Å². The lowest BCUT2D eigenvalue weighted by atomic mass is 10.1. The van der Waals surface area contributed by atoms with Crippen molar-refractivity contribution in [3.63, 3.8) is 0 Å². The minimum atomic E-state index is -0.408. The van der Waals surface area contributed by atoms with Gasteiger partial charge in [-0.2, -0.15) is 5.10 Å². The van der Waals surface area contributed by atoms with E-state index in [9.17, 15) is 14.0 Å². The number of amides is 2. The molecule has 4 rings (SSSR count). The summed E-state index contributed by atoms with van der Waals surface area (Å²) in [6, 6.07) is 11.4. The number of hydrogen-bond acceptors (Lipinski definition) is 4. The fourth-order valence-corrected chi connectivity index (χ4v) is 2.98. The number of aromatic nitrogens is 2. The minimum Gasteiger partial charge on any atom is -0.479 e. The summed E-state index contributed by atoms with van der Waals surface area (Å²) in [5.41, 5.74) is 3.02. The van der Waals surface area contributed by atoms with Gasteiger partial charge in [-0.15, -0.1) is 0 Å². The van der Waals surface area contributed by atoms with Gasteiger partial charge < -0.3 is 15.0 Å². The van der Waals surface area contributed by atoms with Gasteiger partial charge in [0.05, 0.1) is 17.1 Å². The average Bonchev–Trinajstić information content (AvgIpc) is 3.18. The van der Waals surface area contributed by atoms with Crippen molar-refractivity contribution < 1.29 is 18.7 Å². The van der Waals surface area contributed by atoms with Crippen molar-refractivity contribution >= 4 is 23.2 Å². The number of anilines is 2. The van der Waals surface area contributed by atoms with E-state index in [1.54, 1.807) is 50.4 Å². The van der Waals surface area contributed by atoms with E-state index in [0.717, 1.165) is 0 Å². The number of fused-ring (bicyclic) bond motifs is 1. The quantitative estimate of drug-likeness (QED) is 0.731. The van der Waals surface area contributed by atoms with Crippen molar-refractivity contribution in [1.82, 2.24) is 10.2 Å². The molecule has 142 valence electrons. The first-order valence-corrected chi connectivity index (χ1v) is 8.59. The first kappa shape index (κ1) is 17.7. The molecule has 7 nitrogen and oxygen atoms in total. The van der Waals surface area contributed by atoms with Gasteiger partial charge in [0.1, 0.15) is 11.5 Å². The van der Waals surface area contributed by atoms with Crippen LogP contribution in [0.3, 0.4) is 0 Å². The molecule has 1 aromatic heterocycles. The molecule has 0 radical (unpaired) electrons. The molecule has 0 saturated heterocycles. The monoisotopic (exact) mass is 380 g/mol. The summed E-state index contributed by atoms with van der Waals surface area (Å²) in [4.78, 5) is 25.9. The van der Waals surface area contributed by atoms with Crippen molar-refractivity contribution in [2.75, 3.05) is 23.9 Å². The van der Waals surface area contributed by atoms with Crippen molar-refractivity contribution in [3.05, 3.63) is 59.5 Å². The zero-order valence-corrected chi connectivity index (χ0v) is 15.2. The summed E-state index contributed by atoms with van der Waals surface area (Å²) in [5.74, 6) is -0.431. The van der Waals surface area contributed by atoms with E-state index in [2.05, 4.69) is 15.5 Å². The van der Waals surface area contributed by atoms with Crippen LogP contribution in [0, 0.1) is 12.7 Å². The molecular formula is C20H17FN4O3. The van der Waals surface area contributed by atoms with Crippen LogP contribution in [0.15, 0.2) is 42.5 Å². The van der Waals surface area contributed by atoms with E-state index in [0.29, 0.717) is 33.9 Å². The van der Waals surface area contributed by atoms with E-state index in [1.807, 2.05) is 0 Å². The number of carbonyl (C=O) groups excluding carboxylic acids is 2. The van der Waals surface area contributed by atoms with Gasteiger partial charge in [-0.1, -0.05) is 6.07 Å². The van der Waals surface area contributed by atoms with Crippen LogP contribution in [0.4, 0.5) is 15.8 Å². The van der Waals surface area contributed by atoms with Gasteiger partial charge in [-0.3, -0.25) is 14.7 Å². The van der Waals surface area contributed by atoms with Crippen molar-refractivity contribution in [2.45, 2.75) is 6.92 Å². The third-order valence-electron chi connectivity index (χ3n) is 4.59. The fraction of sp³-hybridized carbons (Fsp3) is 0.150. The number of nitrogens with one attached hydrogen (secondary N) is 2. The number of H-pyrrole nitrogens is 1. The summed E-state index contributed by atoms with van der Waals surface area (Å²) in [5, 5.41) is 9.60. The van der Waals surface area contributed by atoms with Crippen LogP contribution in [-0.2, 0) is 4.79 Å². The molecule has 1 aliphatic rings. The molecule has 2 aromatic carbocycles. The number of nitrogens with zero attached hydrogens (tertiary/aromatic N) is 2. The molecule has 3 aromatic rings. The number of halogens is 1. The number of rotatable bonds is 3. The molecule has 0 spiro atoms. The van der Waals surface area contributed by atoms with Crippen LogP contribution < -0.4 is 15.0 Å². The molecule has 1 aliphatic heterocycles. The molecule has 0 atom stereocenters. The van der Waals surface area contributed by atoms with Gasteiger partial charge in [0, 0.05) is 12.6 Å². The second-order valence-corrected chi connectivity index (χ2v) is 6.48. The van der Waals surface area contributed by atoms with Gasteiger partial charge in [-0.25, -0.2) is 4.39 Å². The number of para-hydroxylation sites is 1. The molecule has 0 aliphatic carbocycles. The maximum Gasteiger partial charge on any atom is 0.273 e. The Bertz CT molecular complexity index is 1090. The van der Waals surface area contributed by atoms with Crippen LogP contribution in [0.5, 0.6) is 5.75 Å². The Morgan fingerprint density at radius 3 is 2.89 bits per heavy atom. The van der Waals surface area contributed by atoms with Crippen LogP contribution >= 0.6 is 0 Å². The predicted molar refractivity (Wildman–Crippen MR) is 102 cm³/mol. The summed E-state index contributed by atoms with van der Waals surface area (Å²) >= 11 is 0. The smallest absolute Gasteiger partial charge is 0.273 e. The summed E-state index contributed by atoms with van der Waals surface area (Å²) in [6.45, 7) is 1.58. The normalized spacial score (nSPS) is 13.1. The number of benzene rings is 2. The lowest BCUT2D eigenvalue weighted by molar-refractivity contribution is -0.120. The lowest BCUT2D eigenvalue weighted by Crippen LogP contribution is -2.35. The maximum absolute atomic E-state index is 13.5. The Hall–Kier alpha value is -3.68. The second kappa shape index (κ2) is 6.80. The van der Waals surface area contributed by atoms with E-state index < -0.39 is 5.91 Å². The number of likely N-dealkylation sites (N-methyl/N-ethyl adjacent to an activating group) is 1. The number of aromatic amines is 1. The highest BCUT2D eigenvalue weighted by atomic mass is 19.1.